The Kier molecular flexibility index (Phi) is 8.26. The first kappa shape index (κ1) is 27.3. The SMILES string of the molecule is C[C@H](OC1CCCCO1)c1nccn1Cc1cc(-c2ccc(C#Cc3ccc(C(=O)Cn4cncn4)nc3)cc2)on1. The van der Waals surface area contributed by atoms with Crippen LogP contribution in [0, 0.1) is 11.8 Å². The van der Waals surface area contributed by atoms with E-state index in [0.717, 1.165) is 48.5 Å². The van der Waals surface area contributed by atoms with Crippen molar-refractivity contribution in [1.29, 1.82) is 0 Å². The Balaban J connectivity index is 1.06. The monoisotopic (exact) mass is 563 g/mol. The first-order chi connectivity index (χ1) is 20.6. The number of imidazole rings is 1. The van der Waals surface area contributed by atoms with Crippen molar-refractivity contribution in [1.82, 2.24) is 34.5 Å². The van der Waals surface area contributed by atoms with Gasteiger partial charge in [-0.1, -0.05) is 17.0 Å². The molecule has 6 rings (SSSR count). The van der Waals surface area contributed by atoms with Crippen LogP contribution in [0.2, 0.25) is 0 Å². The number of ether oxygens (including phenoxy) is 2. The summed E-state index contributed by atoms with van der Waals surface area (Å²) in [5, 5.41) is 8.21. The summed E-state index contributed by atoms with van der Waals surface area (Å²) < 4.78 is 20.9. The smallest absolute Gasteiger partial charge is 0.202 e. The molecule has 0 bridgehead atoms. The number of nitrogens with zero attached hydrogens (tertiary/aromatic N) is 7. The fourth-order valence-corrected chi connectivity index (χ4v) is 4.65. The van der Waals surface area contributed by atoms with E-state index in [9.17, 15) is 4.79 Å². The molecule has 5 aromatic rings. The molecule has 212 valence electrons. The largest absolute Gasteiger partial charge is 0.356 e. The topological polar surface area (TPSA) is 123 Å². The Bertz CT molecular complexity index is 1670. The molecule has 1 aromatic carbocycles. The minimum atomic E-state index is -0.204. The van der Waals surface area contributed by atoms with E-state index in [1.165, 1.54) is 17.3 Å². The Morgan fingerprint density at radius 2 is 1.98 bits per heavy atom. The molecular weight excluding hydrogens is 534 g/mol. The predicted molar refractivity (Wildman–Crippen MR) is 151 cm³/mol. The van der Waals surface area contributed by atoms with Crippen molar-refractivity contribution in [2.24, 2.45) is 0 Å². The Morgan fingerprint density at radius 3 is 2.74 bits per heavy atom. The van der Waals surface area contributed by atoms with Gasteiger partial charge in [-0.25, -0.2) is 14.6 Å². The lowest BCUT2D eigenvalue weighted by Gasteiger charge is -2.26. The maximum absolute atomic E-state index is 12.3. The van der Waals surface area contributed by atoms with Crippen molar-refractivity contribution in [3.05, 3.63) is 102 Å². The molecule has 42 heavy (non-hydrogen) atoms. The number of hydrogen-bond donors (Lipinski definition) is 0. The molecule has 11 nitrogen and oxygen atoms in total. The molecule has 0 N–H and O–H groups in total. The van der Waals surface area contributed by atoms with E-state index >= 15 is 0 Å². The van der Waals surface area contributed by atoms with Crippen molar-refractivity contribution in [2.75, 3.05) is 6.61 Å². The van der Waals surface area contributed by atoms with E-state index in [4.69, 9.17) is 14.0 Å². The van der Waals surface area contributed by atoms with E-state index in [1.54, 1.807) is 24.5 Å². The standard InChI is InChI=1S/C31H29N7O4/c1-22(41-30-4-2-3-15-40-30)31-33-13-14-37(31)18-26-16-29(42-36-26)25-10-7-23(8-11-25)5-6-24-9-12-27(34-17-24)28(39)19-38-21-32-20-35-38/h7-14,16-17,20-22,30H,2-4,15,18-19H2,1H3/t22-,30?/m0/s1. The Labute approximate surface area is 242 Å². The molecule has 1 fully saturated rings. The van der Waals surface area contributed by atoms with Crippen molar-refractivity contribution >= 4 is 5.78 Å². The number of hydrogen-bond acceptors (Lipinski definition) is 9. The quantitative estimate of drug-likeness (QED) is 0.189. The first-order valence-electron chi connectivity index (χ1n) is 13.8. The number of carbonyl (C=O) groups is 1. The maximum atomic E-state index is 12.3. The summed E-state index contributed by atoms with van der Waals surface area (Å²) >= 11 is 0. The van der Waals surface area contributed by atoms with Crippen LogP contribution in [-0.2, 0) is 22.6 Å². The summed E-state index contributed by atoms with van der Waals surface area (Å²) in [6, 6.07) is 13.1. The average Bonchev–Trinajstić information content (AvgIpc) is 3.81. The van der Waals surface area contributed by atoms with Crippen LogP contribution < -0.4 is 0 Å². The van der Waals surface area contributed by atoms with E-state index < -0.39 is 0 Å². The first-order valence-corrected chi connectivity index (χ1v) is 13.8. The molecule has 0 radical (unpaired) electrons. The van der Waals surface area contributed by atoms with E-state index in [-0.39, 0.29) is 24.7 Å². The molecule has 0 amide bonds. The Hall–Kier alpha value is -4.92. The molecule has 1 aliphatic rings. The van der Waals surface area contributed by atoms with Gasteiger partial charge in [0.15, 0.2) is 12.1 Å². The van der Waals surface area contributed by atoms with E-state index in [0.29, 0.717) is 23.6 Å². The molecule has 1 unspecified atom stereocenters. The summed E-state index contributed by atoms with van der Waals surface area (Å²) in [7, 11) is 0. The highest BCUT2D eigenvalue weighted by molar-refractivity contribution is 5.93. The number of carbonyl (C=O) groups excluding carboxylic acids is 1. The third kappa shape index (κ3) is 6.68. The normalized spacial score (nSPS) is 15.6. The number of ketones is 1. The number of aromatic nitrogens is 7. The lowest BCUT2D eigenvalue weighted by molar-refractivity contribution is -0.188. The van der Waals surface area contributed by atoms with Crippen LogP contribution in [0.25, 0.3) is 11.3 Å². The van der Waals surface area contributed by atoms with Crippen molar-refractivity contribution < 1.29 is 18.8 Å². The minimum Gasteiger partial charge on any atom is -0.356 e. The van der Waals surface area contributed by atoms with Gasteiger partial charge in [0.05, 0.1) is 6.54 Å². The van der Waals surface area contributed by atoms with Crippen LogP contribution in [0.1, 0.15) is 65.4 Å². The van der Waals surface area contributed by atoms with Gasteiger partial charge in [-0.3, -0.25) is 9.78 Å². The minimum absolute atomic E-state index is 0.0893. The third-order valence-corrected chi connectivity index (χ3v) is 6.84. The summed E-state index contributed by atoms with van der Waals surface area (Å²) in [5.41, 5.74) is 3.58. The van der Waals surface area contributed by atoms with Crippen molar-refractivity contribution in [3.8, 4) is 23.2 Å². The van der Waals surface area contributed by atoms with Crippen LogP contribution in [0.3, 0.4) is 0 Å². The van der Waals surface area contributed by atoms with Crippen molar-refractivity contribution in [2.45, 2.75) is 51.7 Å². The van der Waals surface area contributed by atoms with Gasteiger partial charge in [0.2, 0.25) is 5.78 Å². The number of Topliss-reactive ketones (excluding diaryl/α,β-unsaturated/α-hetero) is 1. The lowest BCUT2D eigenvalue weighted by Crippen LogP contribution is -2.24. The van der Waals surface area contributed by atoms with Crippen molar-refractivity contribution in [3.63, 3.8) is 0 Å². The molecule has 5 heterocycles. The molecule has 1 aliphatic heterocycles. The second-order valence-electron chi connectivity index (χ2n) is 9.95. The van der Waals surface area contributed by atoms with Gasteiger partial charge in [-0.15, -0.1) is 0 Å². The van der Waals surface area contributed by atoms with E-state index in [2.05, 4.69) is 37.0 Å². The van der Waals surface area contributed by atoms with Crippen LogP contribution in [0.5, 0.6) is 0 Å². The van der Waals surface area contributed by atoms with Gasteiger partial charge in [0, 0.05) is 48.0 Å². The highest BCUT2D eigenvalue weighted by Gasteiger charge is 2.21. The van der Waals surface area contributed by atoms with Gasteiger partial charge >= 0.3 is 0 Å². The third-order valence-electron chi connectivity index (χ3n) is 6.84. The summed E-state index contributed by atoms with van der Waals surface area (Å²) in [6.45, 7) is 3.33. The summed E-state index contributed by atoms with van der Waals surface area (Å²) in [5.74, 6) is 7.56. The van der Waals surface area contributed by atoms with Crippen LogP contribution in [0.4, 0.5) is 0 Å². The summed E-state index contributed by atoms with van der Waals surface area (Å²) in [6.07, 6.45) is 10.9. The van der Waals surface area contributed by atoms with Gasteiger partial charge in [0.1, 0.15) is 42.5 Å². The molecule has 4 aromatic heterocycles. The molecule has 11 heteroatoms. The molecule has 1 saturated heterocycles. The van der Waals surface area contributed by atoms with Gasteiger partial charge in [0.25, 0.3) is 0 Å². The fourth-order valence-electron chi connectivity index (χ4n) is 4.65. The van der Waals surface area contributed by atoms with Gasteiger partial charge in [-0.05, 0) is 62.6 Å². The second kappa shape index (κ2) is 12.7. The number of benzene rings is 1. The maximum Gasteiger partial charge on any atom is 0.202 e. The highest BCUT2D eigenvalue weighted by atomic mass is 16.7. The Morgan fingerprint density at radius 1 is 1.12 bits per heavy atom. The zero-order chi connectivity index (χ0) is 28.7. The highest BCUT2D eigenvalue weighted by Crippen LogP contribution is 2.25. The average molecular weight is 564 g/mol. The second-order valence-corrected chi connectivity index (χ2v) is 9.95. The van der Waals surface area contributed by atoms with Crippen LogP contribution >= 0.6 is 0 Å². The van der Waals surface area contributed by atoms with Crippen LogP contribution in [-0.4, -0.2) is 53.1 Å². The molecule has 0 aliphatic carbocycles. The van der Waals surface area contributed by atoms with Crippen LogP contribution in [0.15, 0.2) is 78.2 Å². The van der Waals surface area contributed by atoms with Gasteiger partial charge < -0.3 is 18.6 Å². The van der Waals surface area contributed by atoms with Gasteiger partial charge in [-0.2, -0.15) is 5.10 Å². The molecular formula is C31H29N7O4. The molecule has 2 atom stereocenters. The zero-order valence-corrected chi connectivity index (χ0v) is 23.1. The fraction of sp³-hybridized carbons (Fsp3) is 0.290. The molecule has 0 saturated carbocycles. The predicted octanol–water partition coefficient (Wildman–Crippen LogP) is 4.46. The number of rotatable bonds is 9. The summed E-state index contributed by atoms with van der Waals surface area (Å²) in [4.78, 5) is 24.9. The van der Waals surface area contributed by atoms with E-state index in [1.807, 2.05) is 48.0 Å². The number of pyridine rings is 1. The lowest BCUT2D eigenvalue weighted by atomic mass is 10.1. The zero-order valence-electron chi connectivity index (χ0n) is 23.1. The molecule has 0 spiro atoms.